The van der Waals surface area contributed by atoms with Gasteiger partial charge in [-0.1, -0.05) is 6.92 Å². The van der Waals surface area contributed by atoms with Gasteiger partial charge >= 0.3 is 0 Å². The number of ether oxygens (including phenoxy) is 1. The highest BCUT2D eigenvalue weighted by Gasteiger charge is 2.29. The van der Waals surface area contributed by atoms with Gasteiger partial charge in [-0.25, -0.2) is 0 Å². The largest absolute Gasteiger partial charge is 0.378 e. The fourth-order valence-electron chi connectivity index (χ4n) is 2.39. The van der Waals surface area contributed by atoms with Crippen LogP contribution in [0.25, 0.3) is 0 Å². The first-order valence-electron chi connectivity index (χ1n) is 6.56. The van der Waals surface area contributed by atoms with Crippen molar-refractivity contribution in [2.45, 2.75) is 39.2 Å². The number of carbonyl (C=O) groups is 1. The van der Waals surface area contributed by atoms with Crippen molar-refractivity contribution in [1.29, 1.82) is 0 Å². The van der Waals surface area contributed by atoms with Crippen molar-refractivity contribution in [3.63, 3.8) is 0 Å². The number of nitrogens with one attached hydrogen (secondary N) is 1. The van der Waals surface area contributed by atoms with Crippen LogP contribution in [0.5, 0.6) is 0 Å². The van der Waals surface area contributed by atoms with Crippen LogP contribution in [-0.4, -0.2) is 28.4 Å². The predicted molar refractivity (Wildman–Crippen MR) is 69.4 cm³/mol. The molecule has 0 spiro atoms. The summed E-state index contributed by atoms with van der Waals surface area (Å²) in [5.41, 5.74) is 1.75. The van der Waals surface area contributed by atoms with E-state index in [-0.39, 0.29) is 17.9 Å². The zero-order valence-electron chi connectivity index (χ0n) is 11.3. The molecule has 1 amide bonds. The molecule has 0 aliphatic carbocycles. The van der Waals surface area contributed by atoms with Gasteiger partial charge in [-0.15, -0.1) is 0 Å². The van der Waals surface area contributed by atoms with Crippen molar-refractivity contribution < 1.29 is 9.53 Å². The molecule has 0 aromatic carbocycles. The summed E-state index contributed by atoms with van der Waals surface area (Å²) in [6.45, 7) is 4.76. The standard InChI is InChI=1S/C13H21N3O2/c1-4-11-12(8-16(3)15-11)14-13(17)10-6-5-7-18-9(10)2/h8-10H,4-7H2,1-3H3,(H,14,17). The molecule has 1 aromatic heterocycles. The van der Waals surface area contributed by atoms with Crippen LogP contribution in [0, 0.1) is 5.92 Å². The van der Waals surface area contributed by atoms with Crippen LogP contribution < -0.4 is 5.32 Å². The van der Waals surface area contributed by atoms with Gasteiger partial charge in [0.25, 0.3) is 0 Å². The lowest BCUT2D eigenvalue weighted by Gasteiger charge is -2.27. The Bertz CT molecular complexity index is 428. The van der Waals surface area contributed by atoms with Crippen LogP contribution in [0.2, 0.25) is 0 Å². The van der Waals surface area contributed by atoms with Gasteiger partial charge in [0.15, 0.2) is 0 Å². The molecule has 1 fully saturated rings. The number of carbonyl (C=O) groups excluding carboxylic acids is 1. The summed E-state index contributed by atoms with van der Waals surface area (Å²) in [6.07, 6.45) is 4.52. The van der Waals surface area contributed by atoms with E-state index < -0.39 is 0 Å². The summed E-state index contributed by atoms with van der Waals surface area (Å²) in [7, 11) is 1.86. The van der Waals surface area contributed by atoms with Crippen LogP contribution in [0.4, 0.5) is 5.69 Å². The van der Waals surface area contributed by atoms with E-state index >= 15 is 0 Å². The lowest BCUT2D eigenvalue weighted by atomic mass is 9.94. The van der Waals surface area contributed by atoms with Gasteiger partial charge in [-0.3, -0.25) is 9.48 Å². The molecule has 0 saturated carbocycles. The molecule has 1 N–H and O–H groups in total. The number of aromatic nitrogens is 2. The fraction of sp³-hybridized carbons (Fsp3) is 0.692. The quantitative estimate of drug-likeness (QED) is 0.890. The molecular formula is C13H21N3O2. The molecule has 0 bridgehead atoms. The predicted octanol–water partition coefficient (Wildman–Crippen LogP) is 1.74. The second-order valence-electron chi connectivity index (χ2n) is 4.83. The van der Waals surface area contributed by atoms with Crippen molar-refractivity contribution in [3.05, 3.63) is 11.9 Å². The van der Waals surface area contributed by atoms with E-state index in [2.05, 4.69) is 10.4 Å². The number of nitrogens with zero attached hydrogens (tertiary/aromatic N) is 2. The maximum Gasteiger partial charge on any atom is 0.230 e. The van der Waals surface area contributed by atoms with Crippen molar-refractivity contribution in [2.75, 3.05) is 11.9 Å². The lowest BCUT2D eigenvalue weighted by Crippen LogP contribution is -2.36. The summed E-state index contributed by atoms with van der Waals surface area (Å²) >= 11 is 0. The van der Waals surface area contributed by atoms with Gasteiger partial charge in [-0.2, -0.15) is 5.10 Å². The van der Waals surface area contributed by atoms with Crippen LogP contribution in [-0.2, 0) is 23.0 Å². The van der Waals surface area contributed by atoms with Crippen molar-refractivity contribution in [3.8, 4) is 0 Å². The number of hydrogen-bond donors (Lipinski definition) is 1. The second-order valence-corrected chi connectivity index (χ2v) is 4.83. The van der Waals surface area contributed by atoms with Crippen molar-refractivity contribution >= 4 is 11.6 Å². The molecular weight excluding hydrogens is 230 g/mol. The molecule has 18 heavy (non-hydrogen) atoms. The molecule has 1 aliphatic rings. The van der Waals surface area contributed by atoms with Crippen LogP contribution in [0.15, 0.2) is 6.20 Å². The molecule has 1 aliphatic heterocycles. The van der Waals surface area contributed by atoms with E-state index in [9.17, 15) is 4.79 Å². The van der Waals surface area contributed by atoms with E-state index in [1.165, 1.54) is 0 Å². The van der Waals surface area contributed by atoms with E-state index in [4.69, 9.17) is 4.74 Å². The minimum atomic E-state index is -0.0522. The average molecular weight is 251 g/mol. The highest BCUT2D eigenvalue weighted by Crippen LogP contribution is 2.23. The second kappa shape index (κ2) is 5.52. The molecule has 2 atom stereocenters. The topological polar surface area (TPSA) is 56.2 Å². The summed E-state index contributed by atoms with van der Waals surface area (Å²) in [4.78, 5) is 12.2. The van der Waals surface area contributed by atoms with Crippen LogP contribution in [0.1, 0.15) is 32.4 Å². The van der Waals surface area contributed by atoms with E-state index in [1.807, 2.05) is 27.1 Å². The molecule has 1 aromatic rings. The number of amides is 1. The summed E-state index contributed by atoms with van der Waals surface area (Å²) in [5.74, 6) is -0.00596. The van der Waals surface area contributed by atoms with Gasteiger partial charge < -0.3 is 10.1 Å². The molecule has 5 heteroatoms. The SMILES string of the molecule is CCc1nn(C)cc1NC(=O)C1CCCOC1C. The summed E-state index contributed by atoms with van der Waals surface area (Å²) in [6, 6.07) is 0. The Kier molecular flexibility index (Phi) is 4.01. The van der Waals surface area contributed by atoms with Gasteiger partial charge in [0, 0.05) is 19.9 Å². The monoisotopic (exact) mass is 251 g/mol. The Morgan fingerprint density at radius 3 is 3.11 bits per heavy atom. The summed E-state index contributed by atoms with van der Waals surface area (Å²) < 4.78 is 7.26. The molecule has 5 nitrogen and oxygen atoms in total. The third-order valence-corrected chi connectivity index (χ3v) is 3.44. The Balaban J connectivity index is 2.05. The first-order chi connectivity index (χ1) is 8.61. The van der Waals surface area contributed by atoms with Crippen LogP contribution in [0.3, 0.4) is 0 Å². The van der Waals surface area contributed by atoms with Crippen molar-refractivity contribution in [1.82, 2.24) is 9.78 Å². The van der Waals surface area contributed by atoms with E-state index in [0.29, 0.717) is 0 Å². The Morgan fingerprint density at radius 1 is 1.67 bits per heavy atom. The number of rotatable bonds is 3. The first-order valence-corrected chi connectivity index (χ1v) is 6.56. The molecule has 2 heterocycles. The molecule has 100 valence electrons. The molecule has 2 unspecified atom stereocenters. The molecule has 0 radical (unpaired) electrons. The molecule has 1 saturated heterocycles. The van der Waals surface area contributed by atoms with Gasteiger partial charge in [0.2, 0.25) is 5.91 Å². The first kappa shape index (κ1) is 13.1. The fourth-order valence-corrected chi connectivity index (χ4v) is 2.39. The van der Waals surface area contributed by atoms with Crippen molar-refractivity contribution in [2.24, 2.45) is 13.0 Å². The Hall–Kier alpha value is -1.36. The zero-order valence-corrected chi connectivity index (χ0v) is 11.3. The zero-order chi connectivity index (χ0) is 13.1. The summed E-state index contributed by atoms with van der Waals surface area (Å²) in [5, 5.41) is 7.30. The Labute approximate surface area is 108 Å². The lowest BCUT2D eigenvalue weighted by molar-refractivity contribution is -0.127. The van der Waals surface area contributed by atoms with Gasteiger partial charge in [0.1, 0.15) is 0 Å². The molecule has 2 rings (SSSR count). The van der Waals surface area contributed by atoms with Crippen LogP contribution >= 0.6 is 0 Å². The number of anilines is 1. The third kappa shape index (κ3) is 2.72. The smallest absolute Gasteiger partial charge is 0.230 e. The average Bonchev–Trinajstić information content (AvgIpc) is 2.70. The maximum absolute atomic E-state index is 12.2. The third-order valence-electron chi connectivity index (χ3n) is 3.44. The normalized spacial score (nSPS) is 23.9. The van der Waals surface area contributed by atoms with Gasteiger partial charge in [0.05, 0.1) is 23.4 Å². The number of aryl methyl sites for hydroxylation is 2. The van der Waals surface area contributed by atoms with Gasteiger partial charge in [-0.05, 0) is 26.2 Å². The Morgan fingerprint density at radius 2 is 2.44 bits per heavy atom. The van der Waals surface area contributed by atoms with E-state index in [0.717, 1.165) is 37.3 Å². The minimum absolute atomic E-state index is 0.000461. The maximum atomic E-state index is 12.2. The minimum Gasteiger partial charge on any atom is -0.378 e. The highest BCUT2D eigenvalue weighted by atomic mass is 16.5. The highest BCUT2D eigenvalue weighted by molar-refractivity contribution is 5.93. The van der Waals surface area contributed by atoms with E-state index in [1.54, 1.807) is 4.68 Å². The number of hydrogen-bond acceptors (Lipinski definition) is 3.